The van der Waals surface area contributed by atoms with Gasteiger partial charge in [-0.1, -0.05) is 19.3 Å². The van der Waals surface area contributed by atoms with E-state index >= 15 is 0 Å². The van der Waals surface area contributed by atoms with Crippen molar-refractivity contribution >= 4 is 33.2 Å². The molecule has 1 aromatic heterocycles. The SMILES string of the molecule is CCOC(=O)C(NC1CCCCC1)c1cc(Br)cs1. The zero-order valence-corrected chi connectivity index (χ0v) is 13.6. The Morgan fingerprint density at radius 2 is 2.26 bits per heavy atom. The van der Waals surface area contributed by atoms with Crippen LogP contribution in [-0.4, -0.2) is 18.6 Å². The maximum absolute atomic E-state index is 12.1. The number of ether oxygens (including phenoxy) is 1. The predicted octanol–water partition coefficient (Wildman–Crippen LogP) is 4.04. The third kappa shape index (κ3) is 4.29. The molecule has 1 fully saturated rings. The van der Waals surface area contributed by atoms with E-state index in [2.05, 4.69) is 21.2 Å². The van der Waals surface area contributed by atoms with Gasteiger partial charge in [0.05, 0.1) is 6.61 Å². The molecular weight excluding hydrogens is 326 g/mol. The highest BCUT2D eigenvalue weighted by molar-refractivity contribution is 9.10. The summed E-state index contributed by atoms with van der Waals surface area (Å²) in [5.41, 5.74) is 0. The summed E-state index contributed by atoms with van der Waals surface area (Å²) >= 11 is 5.03. The topological polar surface area (TPSA) is 38.3 Å². The van der Waals surface area contributed by atoms with Crippen LogP contribution in [0.4, 0.5) is 0 Å². The molecule has 0 aromatic carbocycles. The molecule has 0 bridgehead atoms. The highest BCUT2D eigenvalue weighted by atomic mass is 79.9. The Bertz CT molecular complexity index is 415. The summed E-state index contributed by atoms with van der Waals surface area (Å²) in [4.78, 5) is 13.2. The molecule has 1 unspecified atom stereocenters. The van der Waals surface area contributed by atoms with Crippen LogP contribution < -0.4 is 5.32 Å². The lowest BCUT2D eigenvalue weighted by molar-refractivity contribution is -0.146. The van der Waals surface area contributed by atoms with Crippen molar-refractivity contribution in [1.82, 2.24) is 5.32 Å². The van der Waals surface area contributed by atoms with Crippen molar-refractivity contribution in [3.63, 3.8) is 0 Å². The average molecular weight is 346 g/mol. The average Bonchev–Trinajstić information content (AvgIpc) is 2.84. The number of nitrogens with one attached hydrogen (secondary N) is 1. The smallest absolute Gasteiger partial charge is 0.328 e. The maximum atomic E-state index is 12.1. The number of carbonyl (C=O) groups is 1. The number of hydrogen-bond donors (Lipinski definition) is 1. The van der Waals surface area contributed by atoms with Gasteiger partial charge in [-0.15, -0.1) is 11.3 Å². The van der Waals surface area contributed by atoms with E-state index in [1.165, 1.54) is 19.3 Å². The molecule has 0 saturated heterocycles. The van der Waals surface area contributed by atoms with Crippen LogP contribution in [0.5, 0.6) is 0 Å². The molecule has 1 aliphatic rings. The Kier molecular flexibility index (Phi) is 5.85. The third-order valence-corrected chi connectivity index (χ3v) is 5.16. The van der Waals surface area contributed by atoms with Gasteiger partial charge in [0.1, 0.15) is 6.04 Å². The second kappa shape index (κ2) is 7.41. The van der Waals surface area contributed by atoms with Crippen molar-refractivity contribution in [3.8, 4) is 0 Å². The molecule has 1 aliphatic carbocycles. The molecule has 2 rings (SSSR count). The van der Waals surface area contributed by atoms with E-state index < -0.39 is 0 Å². The number of hydrogen-bond acceptors (Lipinski definition) is 4. The molecule has 1 atom stereocenters. The van der Waals surface area contributed by atoms with Crippen LogP contribution in [0.2, 0.25) is 0 Å². The number of halogens is 1. The second-order valence-electron chi connectivity index (χ2n) is 4.85. The Morgan fingerprint density at radius 3 is 2.84 bits per heavy atom. The maximum Gasteiger partial charge on any atom is 0.328 e. The van der Waals surface area contributed by atoms with Crippen LogP contribution in [-0.2, 0) is 9.53 Å². The molecule has 1 saturated carbocycles. The lowest BCUT2D eigenvalue weighted by atomic mass is 9.95. The summed E-state index contributed by atoms with van der Waals surface area (Å²) < 4.78 is 6.22. The summed E-state index contributed by atoms with van der Waals surface area (Å²) in [5.74, 6) is -0.164. The minimum absolute atomic E-state index is 0.164. The highest BCUT2D eigenvalue weighted by Gasteiger charge is 2.27. The number of esters is 1. The number of thiophene rings is 1. The van der Waals surface area contributed by atoms with Gasteiger partial charge < -0.3 is 4.74 Å². The number of rotatable bonds is 5. The van der Waals surface area contributed by atoms with Crippen molar-refractivity contribution < 1.29 is 9.53 Å². The molecule has 106 valence electrons. The molecule has 0 spiro atoms. The van der Waals surface area contributed by atoms with Gasteiger partial charge in [-0.05, 0) is 41.8 Å². The quantitative estimate of drug-likeness (QED) is 0.818. The van der Waals surface area contributed by atoms with Gasteiger partial charge in [-0.3, -0.25) is 5.32 Å². The van der Waals surface area contributed by atoms with Crippen LogP contribution in [0, 0.1) is 0 Å². The molecule has 5 heteroatoms. The van der Waals surface area contributed by atoms with E-state index in [0.29, 0.717) is 12.6 Å². The molecule has 1 heterocycles. The van der Waals surface area contributed by atoms with E-state index in [0.717, 1.165) is 22.2 Å². The molecule has 0 aliphatic heterocycles. The van der Waals surface area contributed by atoms with Crippen LogP contribution >= 0.6 is 27.3 Å². The molecule has 3 nitrogen and oxygen atoms in total. The van der Waals surface area contributed by atoms with E-state index in [4.69, 9.17) is 4.74 Å². The van der Waals surface area contributed by atoms with Crippen LogP contribution in [0.25, 0.3) is 0 Å². The van der Waals surface area contributed by atoms with E-state index in [9.17, 15) is 4.79 Å². The normalized spacial score (nSPS) is 18.2. The summed E-state index contributed by atoms with van der Waals surface area (Å²) in [5, 5.41) is 5.49. The van der Waals surface area contributed by atoms with Crippen molar-refractivity contribution in [2.75, 3.05) is 6.61 Å². The number of carbonyl (C=O) groups excluding carboxylic acids is 1. The third-order valence-electron chi connectivity index (χ3n) is 3.40. The van der Waals surface area contributed by atoms with Crippen LogP contribution in [0.3, 0.4) is 0 Å². The fourth-order valence-electron chi connectivity index (χ4n) is 2.48. The second-order valence-corrected chi connectivity index (χ2v) is 6.71. The molecule has 1 aromatic rings. The molecule has 0 radical (unpaired) electrons. The van der Waals surface area contributed by atoms with E-state index in [1.807, 2.05) is 18.4 Å². The Labute approximate surface area is 126 Å². The van der Waals surface area contributed by atoms with Gasteiger partial charge in [-0.25, -0.2) is 4.79 Å². The van der Waals surface area contributed by atoms with Gasteiger partial charge >= 0.3 is 5.97 Å². The molecule has 0 amide bonds. The first kappa shape index (κ1) is 15.0. The zero-order valence-electron chi connectivity index (χ0n) is 11.2. The van der Waals surface area contributed by atoms with Crippen LogP contribution in [0.15, 0.2) is 15.9 Å². The standard InChI is InChI=1S/C14H20BrNO2S/c1-2-18-14(17)13(12-8-10(15)9-19-12)16-11-6-4-3-5-7-11/h8-9,11,13,16H,2-7H2,1H3. The summed E-state index contributed by atoms with van der Waals surface area (Å²) in [6.45, 7) is 2.27. The Morgan fingerprint density at radius 1 is 1.53 bits per heavy atom. The summed E-state index contributed by atoms with van der Waals surface area (Å²) in [6.07, 6.45) is 6.13. The first-order valence-corrected chi connectivity index (χ1v) is 8.54. The van der Waals surface area contributed by atoms with Gasteiger partial charge in [0.2, 0.25) is 0 Å². The first-order valence-electron chi connectivity index (χ1n) is 6.87. The predicted molar refractivity (Wildman–Crippen MR) is 81.4 cm³/mol. The van der Waals surface area contributed by atoms with Crippen LogP contribution in [0.1, 0.15) is 49.9 Å². The Balaban J connectivity index is 2.07. The van der Waals surface area contributed by atoms with Gasteiger partial charge in [-0.2, -0.15) is 0 Å². The summed E-state index contributed by atoms with van der Waals surface area (Å²) in [6, 6.07) is 2.12. The Hall–Kier alpha value is -0.390. The van der Waals surface area contributed by atoms with E-state index in [1.54, 1.807) is 11.3 Å². The fraction of sp³-hybridized carbons (Fsp3) is 0.643. The molecule has 19 heavy (non-hydrogen) atoms. The van der Waals surface area contributed by atoms with E-state index in [-0.39, 0.29) is 12.0 Å². The van der Waals surface area contributed by atoms with Crippen molar-refractivity contribution in [3.05, 3.63) is 20.8 Å². The monoisotopic (exact) mass is 345 g/mol. The molecule has 1 N–H and O–H groups in total. The highest BCUT2D eigenvalue weighted by Crippen LogP contribution is 2.28. The minimum atomic E-state index is -0.320. The van der Waals surface area contributed by atoms with Gasteiger partial charge in [0.15, 0.2) is 0 Å². The minimum Gasteiger partial charge on any atom is -0.465 e. The zero-order chi connectivity index (χ0) is 13.7. The largest absolute Gasteiger partial charge is 0.465 e. The van der Waals surface area contributed by atoms with Gasteiger partial charge in [0, 0.05) is 20.8 Å². The van der Waals surface area contributed by atoms with Gasteiger partial charge in [0.25, 0.3) is 0 Å². The first-order chi connectivity index (χ1) is 9.20. The molecular formula is C14H20BrNO2S. The summed E-state index contributed by atoms with van der Waals surface area (Å²) in [7, 11) is 0. The van der Waals surface area contributed by atoms with Crippen molar-refractivity contribution in [2.45, 2.75) is 51.1 Å². The lowest BCUT2D eigenvalue weighted by Gasteiger charge is -2.27. The lowest BCUT2D eigenvalue weighted by Crippen LogP contribution is -2.38. The van der Waals surface area contributed by atoms with Crippen molar-refractivity contribution in [1.29, 1.82) is 0 Å². The van der Waals surface area contributed by atoms with Crippen molar-refractivity contribution in [2.24, 2.45) is 0 Å². The fourth-order valence-corrected chi connectivity index (χ4v) is 3.97.